The van der Waals surface area contributed by atoms with Crippen LogP contribution in [-0.2, 0) is 10.0 Å². The highest BCUT2D eigenvalue weighted by atomic mass is 35.5. The van der Waals surface area contributed by atoms with Crippen LogP contribution in [0.15, 0.2) is 17.0 Å². The van der Waals surface area contributed by atoms with Crippen LogP contribution in [-0.4, -0.2) is 8.42 Å². The van der Waals surface area contributed by atoms with Crippen molar-refractivity contribution in [1.82, 2.24) is 0 Å². The maximum absolute atomic E-state index is 12.9. The van der Waals surface area contributed by atoms with Gasteiger partial charge in [0.1, 0.15) is 4.90 Å². The third-order valence-electron chi connectivity index (χ3n) is 1.31. The zero-order valence-corrected chi connectivity index (χ0v) is 8.42. The molecule has 72 valence electrons. The number of sulfonamides is 1. The Morgan fingerprint density at radius 3 is 2.31 bits per heavy atom. The minimum atomic E-state index is -4.00. The predicted molar refractivity (Wildman–Crippen MR) is 47.8 cm³/mol. The fraction of sp³-hybridized carbons (Fsp3) is 0. The number of nitrogens with two attached hydrogens (primary N) is 1. The lowest BCUT2D eigenvalue weighted by Crippen LogP contribution is -2.13. The van der Waals surface area contributed by atoms with Gasteiger partial charge in [-0.15, -0.1) is 0 Å². The van der Waals surface area contributed by atoms with Crippen molar-refractivity contribution in [2.45, 2.75) is 4.90 Å². The Bertz CT molecular complexity index is 446. The smallest absolute Gasteiger partial charge is 0.225 e. The number of halogens is 3. The van der Waals surface area contributed by atoms with E-state index in [1.54, 1.807) is 0 Å². The normalized spacial score (nSPS) is 11.7. The maximum atomic E-state index is 12.9. The van der Waals surface area contributed by atoms with Gasteiger partial charge < -0.3 is 0 Å². The summed E-state index contributed by atoms with van der Waals surface area (Å²) < 4.78 is 34.5. The van der Waals surface area contributed by atoms with Crippen molar-refractivity contribution in [3.8, 4) is 0 Å². The van der Waals surface area contributed by atoms with Gasteiger partial charge in [-0.3, -0.25) is 0 Å². The molecule has 0 amide bonds. The molecule has 2 N–H and O–H groups in total. The van der Waals surface area contributed by atoms with E-state index < -0.39 is 25.8 Å². The molecule has 0 saturated heterocycles. The lowest BCUT2D eigenvalue weighted by Gasteiger charge is -2.02. The minimum absolute atomic E-state index is 0.252. The predicted octanol–water partition coefficient (Wildman–Crippen LogP) is 1.78. The van der Waals surface area contributed by atoms with Crippen molar-refractivity contribution < 1.29 is 12.8 Å². The number of benzene rings is 1. The van der Waals surface area contributed by atoms with E-state index >= 15 is 0 Å². The SMILES string of the molecule is NS(=O)(=O)c1ccc(Cl)c(F)c1Cl. The molecule has 1 aromatic rings. The first kappa shape index (κ1) is 10.7. The lowest BCUT2D eigenvalue weighted by atomic mass is 10.3. The first-order chi connectivity index (χ1) is 5.84. The molecule has 0 aliphatic carbocycles. The zero-order chi connectivity index (χ0) is 10.2. The zero-order valence-electron chi connectivity index (χ0n) is 6.09. The van der Waals surface area contributed by atoms with E-state index in [4.69, 9.17) is 28.3 Å². The van der Waals surface area contributed by atoms with E-state index in [0.717, 1.165) is 12.1 Å². The fourth-order valence-corrected chi connectivity index (χ4v) is 2.02. The highest BCUT2D eigenvalue weighted by molar-refractivity contribution is 7.89. The van der Waals surface area contributed by atoms with E-state index in [1.807, 2.05) is 0 Å². The number of hydrogen-bond donors (Lipinski definition) is 1. The summed E-state index contributed by atoms with van der Waals surface area (Å²) in [6.07, 6.45) is 0. The first-order valence-corrected chi connectivity index (χ1v) is 5.30. The van der Waals surface area contributed by atoms with Gasteiger partial charge in [-0.05, 0) is 12.1 Å². The van der Waals surface area contributed by atoms with Crippen molar-refractivity contribution in [3.05, 3.63) is 28.0 Å². The van der Waals surface area contributed by atoms with E-state index in [0.29, 0.717) is 0 Å². The quantitative estimate of drug-likeness (QED) is 0.765. The molecule has 0 unspecified atom stereocenters. The van der Waals surface area contributed by atoms with Gasteiger partial charge in [0, 0.05) is 0 Å². The van der Waals surface area contributed by atoms with E-state index in [2.05, 4.69) is 0 Å². The molecule has 0 saturated carbocycles. The second kappa shape index (κ2) is 3.42. The molecular formula is C6H4Cl2FNO2S. The van der Waals surface area contributed by atoms with Gasteiger partial charge in [0.05, 0.1) is 10.0 Å². The van der Waals surface area contributed by atoms with Crippen molar-refractivity contribution >= 4 is 33.2 Å². The van der Waals surface area contributed by atoms with Gasteiger partial charge in [-0.25, -0.2) is 17.9 Å². The van der Waals surface area contributed by atoms with Gasteiger partial charge in [0.2, 0.25) is 10.0 Å². The summed E-state index contributed by atoms with van der Waals surface area (Å²) in [4.78, 5) is -0.476. The van der Waals surface area contributed by atoms with Crippen molar-refractivity contribution in [2.24, 2.45) is 5.14 Å². The average Bonchev–Trinajstić information content (AvgIpc) is 1.98. The Morgan fingerprint density at radius 2 is 1.85 bits per heavy atom. The van der Waals surface area contributed by atoms with Crippen LogP contribution >= 0.6 is 23.2 Å². The highest BCUT2D eigenvalue weighted by Crippen LogP contribution is 2.28. The molecule has 3 nitrogen and oxygen atoms in total. The topological polar surface area (TPSA) is 60.2 Å². The van der Waals surface area contributed by atoms with E-state index in [1.165, 1.54) is 0 Å². The Hall–Kier alpha value is -0.360. The second-order valence-electron chi connectivity index (χ2n) is 2.22. The molecule has 0 aliphatic rings. The Morgan fingerprint density at radius 1 is 1.31 bits per heavy atom. The molecule has 0 heterocycles. The Labute approximate surface area is 84.3 Å². The summed E-state index contributed by atoms with van der Waals surface area (Å²) in [5.74, 6) is -0.991. The van der Waals surface area contributed by atoms with Crippen LogP contribution in [0.2, 0.25) is 10.0 Å². The summed E-state index contributed by atoms with van der Waals surface area (Å²) in [6, 6.07) is 2.12. The van der Waals surface area contributed by atoms with Gasteiger partial charge in [0.25, 0.3) is 0 Å². The molecule has 0 radical (unpaired) electrons. The Balaban J connectivity index is 3.53. The number of primary sulfonamides is 1. The fourth-order valence-electron chi connectivity index (χ4n) is 0.728. The van der Waals surface area contributed by atoms with Crippen LogP contribution in [0.1, 0.15) is 0 Å². The largest absolute Gasteiger partial charge is 0.239 e. The molecule has 0 aromatic heterocycles. The van der Waals surface area contributed by atoms with E-state index in [-0.39, 0.29) is 5.02 Å². The van der Waals surface area contributed by atoms with Crippen LogP contribution < -0.4 is 5.14 Å². The first-order valence-electron chi connectivity index (χ1n) is 3.00. The second-order valence-corrected chi connectivity index (χ2v) is 4.53. The molecule has 0 spiro atoms. The van der Waals surface area contributed by atoms with Gasteiger partial charge in [-0.2, -0.15) is 0 Å². The van der Waals surface area contributed by atoms with Gasteiger partial charge >= 0.3 is 0 Å². The molecule has 0 aliphatic heterocycles. The minimum Gasteiger partial charge on any atom is -0.225 e. The van der Waals surface area contributed by atoms with Crippen molar-refractivity contribution in [3.63, 3.8) is 0 Å². The molecule has 1 rings (SSSR count). The van der Waals surface area contributed by atoms with Gasteiger partial charge in [0.15, 0.2) is 5.82 Å². The third kappa shape index (κ3) is 2.11. The number of rotatable bonds is 1. The third-order valence-corrected chi connectivity index (χ3v) is 3.03. The molecule has 13 heavy (non-hydrogen) atoms. The maximum Gasteiger partial charge on any atom is 0.239 e. The molecular weight excluding hydrogens is 240 g/mol. The summed E-state index contributed by atoms with van der Waals surface area (Å²) in [5, 5.41) is 3.91. The van der Waals surface area contributed by atoms with Crippen molar-refractivity contribution in [1.29, 1.82) is 0 Å². The van der Waals surface area contributed by atoms with Crippen LogP contribution in [0.4, 0.5) is 4.39 Å². The average molecular weight is 244 g/mol. The molecule has 0 bridgehead atoms. The molecule has 7 heteroatoms. The number of hydrogen-bond acceptors (Lipinski definition) is 2. The monoisotopic (exact) mass is 243 g/mol. The molecule has 0 fully saturated rings. The standard InChI is InChI=1S/C6H4Cl2FNO2S/c7-3-1-2-4(13(10,11)12)5(8)6(3)9/h1-2H,(H2,10,11,12). The highest BCUT2D eigenvalue weighted by Gasteiger charge is 2.17. The van der Waals surface area contributed by atoms with Crippen LogP contribution in [0.3, 0.4) is 0 Å². The Kier molecular flexibility index (Phi) is 2.82. The molecule has 0 atom stereocenters. The summed E-state index contributed by atoms with van der Waals surface area (Å²) in [5.41, 5.74) is 0. The lowest BCUT2D eigenvalue weighted by molar-refractivity contribution is 0.592. The van der Waals surface area contributed by atoms with Crippen LogP contribution in [0, 0.1) is 5.82 Å². The van der Waals surface area contributed by atoms with Gasteiger partial charge in [-0.1, -0.05) is 23.2 Å². The van der Waals surface area contributed by atoms with Crippen LogP contribution in [0.25, 0.3) is 0 Å². The molecule has 1 aromatic carbocycles. The van der Waals surface area contributed by atoms with E-state index in [9.17, 15) is 12.8 Å². The summed E-state index contributed by atoms with van der Waals surface area (Å²) in [6.45, 7) is 0. The van der Waals surface area contributed by atoms with Crippen LogP contribution in [0.5, 0.6) is 0 Å². The summed E-state index contributed by atoms with van der Waals surface area (Å²) in [7, 11) is -4.00. The van der Waals surface area contributed by atoms with Crippen molar-refractivity contribution in [2.75, 3.05) is 0 Å². The summed E-state index contributed by atoms with van der Waals surface area (Å²) >= 11 is 10.7.